The molecule has 0 spiro atoms. The molecule has 2 nitrogen and oxygen atoms in total. The molecule has 100 valence electrons. The van der Waals surface area contributed by atoms with E-state index in [1.165, 1.54) is 11.1 Å². The molecule has 0 amide bonds. The van der Waals surface area contributed by atoms with Gasteiger partial charge in [-0.3, -0.25) is 0 Å². The SMILES string of the molecule is COc1ccc(CNCc2ccc(C)cc2)cc1Cl. The largest absolute Gasteiger partial charge is 0.495 e. The zero-order chi connectivity index (χ0) is 13.7. The van der Waals surface area contributed by atoms with E-state index in [-0.39, 0.29) is 0 Å². The van der Waals surface area contributed by atoms with E-state index in [9.17, 15) is 0 Å². The minimum Gasteiger partial charge on any atom is -0.495 e. The molecule has 0 aromatic heterocycles. The lowest BCUT2D eigenvalue weighted by Crippen LogP contribution is -2.12. The van der Waals surface area contributed by atoms with Crippen LogP contribution >= 0.6 is 11.6 Å². The molecule has 1 N–H and O–H groups in total. The highest BCUT2D eigenvalue weighted by molar-refractivity contribution is 6.32. The molecule has 0 fully saturated rings. The summed E-state index contributed by atoms with van der Waals surface area (Å²) < 4.78 is 5.13. The van der Waals surface area contributed by atoms with Crippen molar-refractivity contribution in [2.45, 2.75) is 20.0 Å². The molecule has 0 unspecified atom stereocenters. The van der Waals surface area contributed by atoms with E-state index >= 15 is 0 Å². The average Bonchev–Trinajstić information content (AvgIpc) is 2.41. The predicted molar refractivity (Wildman–Crippen MR) is 79.7 cm³/mol. The molecule has 0 saturated carbocycles. The van der Waals surface area contributed by atoms with Crippen molar-refractivity contribution in [3.05, 3.63) is 64.2 Å². The zero-order valence-corrected chi connectivity index (χ0v) is 12.0. The van der Waals surface area contributed by atoms with Crippen LogP contribution in [0.1, 0.15) is 16.7 Å². The van der Waals surface area contributed by atoms with Gasteiger partial charge in [0.05, 0.1) is 12.1 Å². The topological polar surface area (TPSA) is 21.3 Å². The fourth-order valence-electron chi connectivity index (χ4n) is 1.88. The molecule has 0 aliphatic carbocycles. The Kier molecular flexibility index (Phi) is 4.83. The van der Waals surface area contributed by atoms with Crippen LogP contribution < -0.4 is 10.1 Å². The molecular weight excluding hydrogens is 258 g/mol. The van der Waals surface area contributed by atoms with Crippen molar-refractivity contribution < 1.29 is 4.74 Å². The Bertz CT molecular complexity index is 537. The lowest BCUT2D eigenvalue weighted by Gasteiger charge is -2.08. The van der Waals surface area contributed by atoms with Gasteiger partial charge in [0.25, 0.3) is 0 Å². The Morgan fingerprint density at radius 3 is 2.26 bits per heavy atom. The summed E-state index contributed by atoms with van der Waals surface area (Å²) in [4.78, 5) is 0. The number of nitrogens with one attached hydrogen (secondary N) is 1. The second-order valence-electron chi connectivity index (χ2n) is 4.56. The molecule has 0 aliphatic rings. The van der Waals surface area contributed by atoms with Gasteiger partial charge in [-0.25, -0.2) is 0 Å². The van der Waals surface area contributed by atoms with Gasteiger partial charge in [-0.15, -0.1) is 0 Å². The lowest BCUT2D eigenvalue weighted by atomic mass is 10.1. The first-order chi connectivity index (χ1) is 9.19. The molecule has 0 saturated heterocycles. The first-order valence-electron chi connectivity index (χ1n) is 6.27. The molecule has 3 heteroatoms. The first-order valence-corrected chi connectivity index (χ1v) is 6.65. The maximum absolute atomic E-state index is 6.09. The highest BCUT2D eigenvalue weighted by Gasteiger charge is 2.01. The van der Waals surface area contributed by atoms with E-state index in [0.717, 1.165) is 18.7 Å². The zero-order valence-electron chi connectivity index (χ0n) is 11.2. The lowest BCUT2D eigenvalue weighted by molar-refractivity contribution is 0.415. The van der Waals surface area contributed by atoms with Crippen molar-refractivity contribution in [1.82, 2.24) is 5.32 Å². The van der Waals surface area contributed by atoms with Crippen LogP contribution in [0.4, 0.5) is 0 Å². The average molecular weight is 276 g/mol. The van der Waals surface area contributed by atoms with Crippen LogP contribution in [0, 0.1) is 6.92 Å². The van der Waals surface area contributed by atoms with Crippen LogP contribution in [0.3, 0.4) is 0 Å². The maximum atomic E-state index is 6.09. The molecule has 0 aliphatic heterocycles. The highest BCUT2D eigenvalue weighted by Crippen LogP contribution is 2.24. The minimum absolute atomic E-state index is 0.650. The summed E-state index contributed by atoms with van der Waals surface area (Å²) in [6, 6.07) is 14.4. The molecule has 2 aromatic rings. The van der Waals surface area contributed by atoms with Crippen LogP contribution in [0.15, 0.2) is 42.5 Å². The van der Waals surface area contributed by atoms with E-state index in [0.29, 0.717) is 10.8 Å². The monoisotopic (exact) mass is 275 g/mol. The molecule has 2 rings (SSSR count). The van der Waals surface area contributed by atoms with Gasteiger partial charge in [-0.05, 0) is 30.2 Å². The Morgan fingerprint density at radius 1 is 1.00 bits per heavy atom. The van der Waals surface area contributed by atoms with Gasteiger partial charge in [-0.2, -0.15) is 0 Å². The fraction of sp³-hybridized carbons (Fsp3) is 0.250. The van der Waals surface area contributed by atoms with Crippen molar-refractivity contribution in [1.29, 1.82) is 0 Å². The molecule has 0 heterocycles. The summed E-state index contributed by atoms with van der Waals surface area (Å²) >= 11 is 6.09. The molecular formula is C16H18ClNO. The van der Waals surface area contributed by atoms with Crippen LogP contribution in [-0.2, 0) is 13.1 Å². The summed E-state index contributed by atoms with van der Waals surface area (Å²) in [6.07, 6.45) is 0. The number of hydrogen-bond donors (Lipinski definition) is 1. The highest BCUT2D eigenvalue weighted by atomic mass is 35.5. The third kappa shape index (κ3) is 3.98. The van der Waals surface area contributed by atoms with Crippen molar-refractivity contribution in [2.75, 3.05) is 7.11 Å². The van der Waals surface area contributed by atoms with Gasteiger partial charge in [-0.1, -0.05) is 47.5 Å². The van der Waals surface area contributed by atoms with E-state index in [1.54, 1.807) is 7.11 Å². The van der Waals surface area contributed by atoms with E-state index < -0.39 is 0 Å². The summed E-state index contributed by atoms with van der Waals surface area (Å²) in [5.74, 6) is 0.712. The Labute approximate surface area is 119 Å². The van der Waals surface area contributed by atoms with Crippen molar-refractivity contribution >= 4 is 11.6 Å². The second kappa shape index (κ2) is 6.60. The number of hydrogen-bond acceptors (Lipinski definition) is 2. The van der Waals surface area contributed by atoms with Gasteiger partial charge >= 0.3 is 0 Å². The predicted octanol–water partition coefficient (Wildman–Crippen LogP) is 3.95. The van der Waals surface area contributed by atoms with E-state index in [4.69, 9.17) is 16.3 Å². The van der Waals surface area contributed by atoms with Crippen LogP contribution in [-0.4, -0.2) is 7.11 Å². The quantitative estimate of drug-likeness (QED) is 0.892. The Morgan fingerprint density at radius 2 is 1.63 bits per heavy atom. The van der Waals surface area contributed by atoms with Crippen LogP contribution in [0.2, 0.25) is 5.02 Å². The fourth-order valence-corrected chi connectivity index (χ4v) is 2.16. The van der Waals surface area contributed by atoms with Gasteiger partial charge < -0.3 is 10.1 Å². The number of ether oxygens (including phenoxy) is 1. The standard InChI is InChI=1S/C16H18ClNO/c1-12-3-5-13(6-4-12)10-18-11-14-7-8-16(19-2)15(17)9-14/h3-9,18H,10-11H2,1-2H3. The second-order valence-corrected chi connectivity index (χ2v) is 4.97. The van der Waals surface area contributed by atoms with E-state index in [1.807, 2.05) is 18.2 Å². The van der Waals surface area contributed by atoms with Crippen molar-refractivity contribution in [3.63, 3.8) is 0 Å². The number of halogens is 1. The minimum atomic E-state index is 0.650. The Hall–Kier alpha value is -1.51. The summed E-state index contributed by atoms with van der Waals surface area (Å²) in [5, 5.41) is 4.05. The molecule has 0 radical (unpaired) electrons. The molecule has 2 aromatic carbocycles. The Balaban J connectivity index is 1.88. The van der Waals surface area contributed by atoms with Crippen molar-refractivity contribution in [3.8, 4) is 5.75 Å². The smallest absolute Gasteiger partial charge is 0.137 e. The number of methoxy groups -OCH3 is 1. The molecule has 0 atom stereocenters. The van der Waals surface area contributed by atoms with Gasteiger partial charge in [0.15, 0.2) is 0 Å². The number of benzene rings is 2. The van der Waals surface area contributed by atoms with Gasteiger partial charge in [0.2, 0.25) is 0 Å². The van der Waals surface area contributed by atoms with Crippen LogP contribution in [0.25, 0.3) is 0 Å². The summed E-state index contributed by atoms with van der Waals surface area (Å²) in [6.45, 7) is 3.73. The third-order valence-corrected chi connectivity index (χ3v) is 3.29. The van der Waals surface area contributed by atoms with Gasteiger partial charge in [0, 0.05) is 13.1 Å². The first kappa shape index (κ1) is 13.9. The summed E-state index contributed by atoms with van der Waals surface area (Å²) in [7, 11) is 1.62. The number of rotatable bonds is 5. The summed E-state index contributed by atoms with van der Waals surface area (Å²) in [5.41, 5.74) is 3.72. The van der Waals surface area contributed by atoms with Gasteiger partial charge in [0.1, 0.15) is 5.75 Å². The maximum Gasteiger partial charge on any atom is 0.137 e. The van der Waals surface area contributed by atoms with Crippen molar-refractivity contribution in [2.24, 2.45) is 0 Å². The molecule has 19 heavy (non-hydrogen) atoms. The molecule has 0 bridgehead atoms. The normalized spacial score (nSPS) is 10.5. The van der Waals surface area contributed by atoms with Crippen LogP contribution in [0.5, 0.6) is 5.75 Å². The third-order valence-electron chi connectivity index (χ3n) is 3.00. The van der Waals surface area contributed by atoms with E-state index in [2.05, 4.69) is 36.5 Å². The number of aryl methyl sites for hydroxylation is 1.